The van der Waals surface area contributed by atoms with Crippen molar-refractivity contribution in [1.29, 1.82) is 0 Å². The summed E-state index contributed by atoms with van der Waals surface area (Å²) in [7, 11) is 0. The molecule has 1 heterocycles. The number of halogens is 3. The Morgan fingerprint density at radius 3 is 2.32 bits per heavy atom. The monoisotopic (exact) mass is 510 g/mol. The molecule has 0 saturated carbocycles. The van der Waals surface area contributed by atoms with E-state index in [1.807, 2.05) is 19.1 Å². The van der Waals surface area contributed by atoms with E-state index < -0.39 is 17.7 Å². The number of carbonyl (C=O) groups excluding carboxylic acids is 1. The predicted octanol–water partition coefficient (Wildman–Crippen LogP) is 8.19. The van der Waals surface area contributed by atoms with Gasteiger partial charge < -0.3 is 0 Å². The van der Waals surface area contributed by atoms with Crippen molar-refractivity contribution in [1.82, 2.24) is 0 Å². The molecule has 0 amide bonds. The lowest BCUT2D eigenvalue weighted by atomic mass is 10.0. The number of alkyl halides is 3. The van der Waals surface area contributed by atoms with Gasteiger partial charge in [0.25, 0.3) is 0 Å². The molecule has 0 saturated heterocycles. The maximum absolute atomic E-state index is 13.1. The molecule has 3 rings (SSSR count). The maximum Gasteiger partial charge on any atom is 0.416 e. The fourth-order valence-electron chi connectivity index (χ4n) is 4.12. The standard InChI is InChI=1S/C26H29F3O3S2/c1-5-18-19(6-2)23(13-12-22(18)32-31-16(4)30)33-14-8-9-24-20(7-3)21-11-10-17(26(27,28)29)15-25(21)34-24/h10-13,15H,5-9,14H2,1-4H3. The molecule has 0 spiro atoms. The number of rotatable bonds is 10. The quantitative estimate of drug-likeness (QED) is 0.119. The lowest BCUT2D eigenvalue weighted by molar-refractivity contribution is -0.211. The van der Waals surface area contributed by atoms with Crippen LogP contribution in [-0.4, -0.2) is 11.7 Å². The summed E-state index contributed by atoms with van der Waals surface area (Å²) in [5.74, 6) is 0.960. The Balaban J connectivity index is 1.70. The van der Waals surface area contributed by atoms with Crippen LogP contribution in [0.4, 0.5) is 13.2 Å². The van der Waals surface area contributed by atoms with Gasteiger partial charge in [-0.2, -0.15) is 13.2 Å². The highest BCUT2D eigenvalue weighted by molar-refractivity contribution is 7.99. The van der Waals surface area contributed by atoms with Gasteiger partial charge in [-0.1, -0.05) is 26.8 Å². The SMILES string of the molecule is CCc1c(OOC(C)=O)ccc(SCCCc2sc3cc(C(F)(F)F)ccc3c2CC)c1CC. The van der Waals surface area contributed by atoms with E-state index in [1.165, 1.54) is 45.7 Å². The van der Waals surface area contributed by atoms with Gasteiger partial charge in [0.1, 0.15) is 0 Å². The van der Waals surface area contributed by atoms with Gasteiger partial charge in [-0.05, 0) is 78.6 Å². The number of hydrogen-bond donors (Lipinski definition) is 0. The summed E-state index contributed by atoms with van der Waals surface area (Å²) in [4.78, 5) is 23.4. The van der Waals surface area contributed by atoms with Crippen molar-refractivity contribution in [3.8, 4) is 5.75 Å². The largest absolute Gasteiger partial charge is 0.416 e. The van der Waals surface area contributed by atoms with Crippen molar-refractivity contribution in [2.24, 2.45) is 0 Å². The number of aryl methyl sites for hydroxylation is 2. The minimum atomic E-state index is -4.32. The van der Waals surface area contributed by atoms with Crippen LogP contribution >= 0.6 is 23.1 Å². The lowest BCUT2D eigenvalue weighted by Gasteiger charge is -2.15. The van der Waals surface area contributed by atoms with Gasteiger partial charge in [0.2, 0.25) is 0 Å². The number of fused-ring (bicyclic) bond motifs is 1. The Morgan fingerprint density at radius 1 is 1.00 bits per heavy atom. The molecule has 2 aromatic carbocycles. The summed E-state index contributed by atoms with van der Waals surface area (Å²) >= 11 is 3.25. The molecule has 0 bridgehead atoms. The first kappa shape index (κ1) is 26.4. The minimum Gasteiger partial charge on any atom is -0.287 e. The fraction of sp³-hybridized carbons (Fsp3) is 0.423. The highest BCUT2D eigenvalue weighted by Gasteiger charge is 2.31. The molecular formula is C26H29F3O3S2. The van der Waals surface area contributed by atoms with Crippen LogP contribution in [0.1, 0.15) is 61.2 Å². The number of carbonyl (C=O) groups is 1. The van der Waals surface area contributed by atoms with Gasteiger partial charge in [0.15, 0.2) is 5.75 Å². The number of benzene rings is 2. The minimum absolute atomic E-state index is 0.499. The Hall–Kier alpha value is -2.19. The molecule has 0 radical (unpaired) electrons. The van der Waals surface area contributed by atoms with E-state index in [9.17, 15) is 18.0 Å². The second-order valence-electron chi connectivity index (χ2n) is 7.90. The van der Waals surface area contributed by atoms with Crippen molar-refractivity contribution < 1.29 is 27.7 Å². The van der Waals surface area contributed by atoms with Crippen LogP contribution in [0.3, 0.4) is 0 Å². The Bertz CT molecular complexity index is 1150. The predicted molar refractivity (Wildman–Crippen MR) is 133 cm³/mol. The van der Waals surface area contributed by atoms with Crippen LogP contribution in [0, 0.1) is 0 Å². The first-order chi connectivity index (χ1) is 16.2. The van der Waals surface area contributed by atoms with Crippen molar-refractivity contribution in [3.05, 3.63) is 57.5 Å². The van der Waals surface area contributed by atoms with Gasteiger partial charge >= 0.3 is 12.1 Å². The Morgan fingerprint density at radius 2 is 1.71 bits per heavy atom. The molecule has 1 aromatic heterocycles. The summed E-state index contributed by atoms with van der Waals surface area (Å²) in [5, 5.41) is 0.937. The fourth-order valence-corrected chi connectivity index (χ4v) is 6.61. The smallest absolute Gasteiger partial charge is 0.287 e. The summed E-state index contributed by atoms with van der Waals surface area (Å²) in [6.45, 7) is 7.48. The summed E-state index contributed by atoms with van der Waals surface area (Å²) in [6, 6.07) is 7.90. The molecule has 8 heteroatoms. The van der Waals surface area contributed by atoms with Crippen molar-refractivity contribution in [2.45, 2.75) is 70.9 Å². The second-order valence-corrected chi connectivity index (χ2v) is 10.2. The summed E-state index contributed by atoms with van der Waals surface area (Å²) in [5.41, 5.74) is 2.79. The first-order valence-corrected chi connectivity index (χ1v) is 13.2. The third-order valence-corrected chi connectivity index (χ3v) is 8.11. The van der Waals surface area contributed by atoms with Gasteiger partial charge in [-0.25, -0.2) is 4.79 Å². The molecule has 0 unspecified atom stereocenters. The molecule has 0 aliphatic heterocycles. The second kappa shape index (κ2) is 11.5. The zero-order chi connectivity index (χ0) is 24.9. The number of thioether (sulfide) groups is 1. The molecule has 0 aliphatic rings. The van der Waals surface area contributed by atoms with Crippen LogP contribution in [0.5, 0.6) is 5.75 Å². The Labute approximate surface area is 206 Å². The van der Waals surface area contributed by atoms with Gasteiger partial charge in [-0.15, -0.1) is 23.1 Å². The van der Waals surface area contributed by atoms with Gasteiger partial charge in [-0.3, -0.25) is 9.78 Å². The lowest BCUT2D eigenvalue weighted by Crippen LogP contribution is -2.06. The van der Waals surface area contributed by atoms with Crippen LogP contribution in [-0.2, 0) is 41.5 Å². The van der Waals surface area contributed by atoms with Gasteiger partial charge in [0.05, 0.1) is 5.56 Å². The third-order valence-electron chi connectivity index (χ3n) is 5.66. The van der Waals surface area contributed by atoms with E-state index in [-0.39, 0.29) is 0 Å². The zero-order valence-electron chi connectivity index (χ0n) is 19.8. The maximum atomic E-state index is 13.1. The summed E-state index contributed by atoms with van der Waals surface area (Å²) in [6.07, 6.45) is -0.165. The van der Waals surface area contributed by atoms with Crippen LogP contribution < -0.4 is 4.89 Å². The molecule has 0 N–H and O–H groups in total. The molecule has 0 fully saturated rings. The molecule has 3 aromatic rings. The van der Waals surface area contributed by atoms with Crippen LogP contribution in [0.25, 0.3) is 10.1 Å². The molecule has 184 valence electrons. The van der Waals surface area contributed by atoms with Crippen molar-refractivity contribution in [2.75, 3.05) is 5.75 Å². The van der Waals surface area contributed by atoms with E-state index in [1.54, 1.807) is 17.8 Å². The van der Waals surface area contributed by atoms with Crippen LogP contribution in [0.15, 0.2) is 35.2 Å². The van der Waals surface area contributed by atoms with E-state index >= 15 is 0 Å². The van der Waals surface area contributed by atoms with Crippen molar-refractivity contribution >= 4 is 39.2 Å². The van der Waals surface area contributed by atoms with E-state index in [0.29, 0.717) is 10.4 Å². The molecule has 34 heavy (non-hydrogen) atoms. The topological polar surface area (TPSA) is 35.5 Å². The molecule has 0 atom stereocenters. The number of thiophene rings is 1. The first-order valence-electron chi connectivity index (χ1n) is 11.4. The average molecular weight is 511 g/mol. The summed E-state index contributed by atoms with van der Waals surface area (Å²) < 4.78 is 40.0. The normalized spacial score (nSPS) is 11.7. The highest BCUT2D eigenvalue weighted by Crippen LogP contribution is 2.38. The number of hydrogen-bond acceptors (Lipinski definition) is 5. The van der Waals surface area contributed by atoms with Crippen molar-refractivity contribution in [3.63, 3.8) is 0 Å². The molecule has 0 aliphatic carbocycles. The highest BCUT2D eigenvalue weighted by atomic mass is 32.2. The zero-order valence-corrected chi connectivity index (χ0v) is 21.4. The Kier molecular flexibility index (Phi) is 8.93. The molecular weight excluding hydrogens is 481 g/mol. The average Bonchev–Trinajstić information content (AvgIpc) is 3.16. The third kappa shape index (κ3) is 6.08. The van der Waals surface area contributed by atoms with Gasteiger partial charge in [0, 0.05) is 27.0 Å². The van der Waals surface area contributed by atoms with Crippen LogP contribution in [0.2, 0.25) is 0 Å². The van der Waals surface area contributed by atoms with E-state index in [4.69, 9.17) is 9.78 Å². The van der Waals surface area contributed by atoms with E-state index in [2.05, 4.69) is 13.8 Å². The van der Waals surface area contributed by atoms with E-state index in [0.717, 1.165) is 54.4 Å². The molecule has 3 nitrogen and oxygen atoms in total.